The molecule has 0 bridgehead atoms. The molecule has 3 heterocycles. The smallest absolute Gasteiger partial charge is 0.147 e. The highest BCUT2D eigenvalue weighted by molar-refractivity contribution is 7.18. The van der Waals surface area contributed by atoms with Crippen molar-refractivity contribution in [2.24, 2.45) is 5.41 Å². The molecule has 3 rings (SSSR count). The van der Waals surface area contributed by atoms with Crippen molar-refractivity contribution in [1.29, 1.82) is 0 Å². The van der Waals surface area contributed by atoms with Crippen molar-refractivity contribution in [3.8, 4) is 0 Å². The van der Waals surface area contributed by atoms with Crippen LogP contribution in [0.2, 0.25) is 0 Å². The zero-order valence-electron chi connectivity index (χ0n) is 12.6. The van der Waals surface area contributed by atoms with Crippen molar-refractivity contribution in [2.45, 2.75) is 19.8 Å². The molecule has 1 saturated heterocycles. The van der Waals surface area contributed by atoms with Gasteiger partial charge in [0, 0.05) is 19.1 Å². The van der Waals surface area contributed by atoms with E-state index in [0.717, 1.165) is 55.1 Å². The maximum Gasteiger partial charge on any atom is 0.147 e. The van der Waals surface area contributed by atoms with Crippen molar-refractivity contribution in [3.05, 3.63) is 17.3 Å². The molecule has 0 spiro atoms. The summed E-state index contributed by atoms with van der Waals surface area (Å²) in [5.74, 6) is 0.951. The van der Waals surface area contributed by atoms with Crippen LogP contribution in [0.4, 0.5) is 5.82 Å². The molecule has 0 radical (unpaired) electrons. The maximum absolute atomic E-state index is 5.47. The monoisotopic (exact) mass is 306 g/mol. The van der Waals surface area contributed by atoms with Gasteiger partial charge in [-0.3, -0.25) is 0 Å². The van der Waals surface area contributed by atoms with Gasteiger partial charge in [0.15, 0.2) is 0 Å². The Morgan fingerprint density at radius 2 is 2.19 bits per heavy atom. The largest absolute Gasteiger partial charge is 0.384 e. The molecule has 0 aromatic carbocycles. The third-order valence-corrected chi connectivity index (χ3v) is 5.37. The highest BCUT2D eigenvalue weighted by atomic mass is 32.1. The van der Waals surface area contributed by atoms with Crippen LogP contribution in [0.15, 0.2) is 11.7 Å². The van der Waals surface area contributed by atoms with Gasteiger partial charge in [0.05, 0.1) is 16.8 Å². The van der Waals surface area contributed by atoms with E-state index in [1.807, 2.05) is 0 Å². The van der Waals surface area contributed by atoms with Gasteiger partial charge in [-0.1, -0.05) is 0 Å². The molecule has 0 atom stereocenters. The predicted octanol–water partition coefficient (Wildman–Crippen LogP) is 2.43. The van der Waals surface area contributed by atoms with Gasteiger partial charge >= 0.3 is 0 Å². The normalized spacial score (nSPS) is 18.0. The van der Waals surface area contributed by atoms with Crippen molar-refractivity contribution < 1.29 is 4.74 Å². The molecule has 6 heteroatoms. The van der Waals surface area contributed by atoms with Crippen LogP contribution < -0.4 is 10.6 Å². The van der Waals surface area contributed by atoms with Crippen LogP contribution in [0.5, 0.6) is 0 Å². The second-order valence-corrected chi connectivity index (χ2v) is 6.73. The predicted molar refractivity (Wildman–Crippen MR) is 87.1 cm³/mol. The first-order valence-corrected chi connectivity index (χ1v) is 8.24. The van der Waals surface area contributed by atoms with Gasteiger partial charge in [-0.15, -0.1) is 11.3 Å². The minimum atomic E-state index is 0.198. The summed E-state index contributed by atoms with van der Waals surface area (Å²) in [7, 11) is 1.79. The fourth-order valence-corrected chi connectivity index (χ4v) is 3.97. The molecule has 1 fully saturated rings. The maximum atomic E-state index is 5.47. The summed E-state index contributed by atoms with van der Waals surface area (Å²) in [6, 6.07) is 0. The minimum Gasteiger partial charge on any atom is -0.384 e. The Morgan fingerprint density at radius 3 is 2.95 bits per heavy atom. The topological polar surface area (TPSA) is 59.1 Å². The second-order valence-electron chi connectivity index (χ2n) is 5.86. The lowest BCUT2D eigenvalue weighted by Crippen LogP contribution is -2.44. The number of methoxy groups -OCH3 is 1. The molecular weight excluding hydrogens is 284 g/mol. The Hall–Kier alpha value is -1.24. The molecule has 2 N–H and O–H groups in total. The summed E-state index contributed by atoms with van der Waals surface area (Å²) in [6.07, 6.45) is 3.91. The fraction of sp³-hybridized carbons (Fsp3) is 0.600. The minimum absolute atomic E-state index is 0.198. The molecule has 2 aromatic heterocycles. The lowest BCUT2D eigenvalue weighted by atomic mass is 9.79. The van der Waals surface area contributed by atoms with Crippen LogP contribution >= 0.6 is 11.3 Å². The molecule has 1 aliphatic heterocycles. The first kappa shape index (κ1) is 14.7. The first-order chi connectivity index (χ1) is 10.2. The lowest BCUT2D eigenvalue weighted by Gasteiger charge is -2.37. The summed E-state index contributed by atoms with van der Waals surface area (Å²) >= 11 is 1.71. The van der Waals surface area contributed by atoms with Crippen LogP contribution in [-0.4, -0.2) is 43.3 Å². The van der Waals surface area contributed by atoms with Crippen LogP contribution in [-0.2, 0) is 4.74 Å². The number of anilines is 1. The zero-order chi connectivity index (χ0) is 14.7. The van der Waals surface area contributed by atoms with E-state index >= 15 is 0 Å². The molecule has 2 aromatic rings. The van der Waals surface area contributed by atoms with Crippen LogP contribution in [0, 0.1) is 12.3 Å². The molecule has 21 heavy (non-hydrogen) atoms. The molecule has 0 aliphatic carbocycles. The Bertz CT molecular complexity index is 601. The first-order valence-electron chi connectivity index (χ1n) is 7.36. The summed E-state index contributed by atoms with van der Waals surface area (Å²) < 4.78 is 6.62. The van der Waals surface area contributed by atoms with Gasteiger partial charge in [0.1, 0.15) is 12.1 Å². The number of fused-ring (bicyclic) bond motifs is 1. The van der Waals surface area contributed by atoms with Gasteiger partial charge in [0.2, 0.25) is 0 Å². The number of nitrogens with zero attached hydrogens (tertiary/aromatic N) is 2. The zero-order valence-corrected chi connectivity index (χ0v) is 13.4. The van der Waals surface area contributed by atoms with Gasteiger partial charge in [0.25, 0.3) is 0 Å². The standard InChI is InChI=1S/C15H22N4OS/c1-11-7-21-13-12(11)18-10-19-14(13)17-8-15(9-20-2)3-5-16-6-4-15/h7,10,16H,3-6,8-9H2,1-2H3,(H,17,18,19). The average Bonchev–Trinajstić information content (AvgIpc) is 2.89. The summed E-state index contributed by atoms with van der Waals surface area (Å²) in [6.45, 7) is 5.89. The Kier molecular flexibility index (Phi) is 4.37. The van der Waals surface area contributed by atoms with Crippen molar-refractivity contribution in [2.75, 3.05) is 38.7 Å². The molecule has 0 unspecified atom stereocenters. The quantitative estimate of drug-likeness (QED) is 0.888. The van der Waals surface area contributed by atoms with Crippen LogP contribution in [0.3, 0.4) is 0 Å². The highest BCUT2D eigenvalue weighted by Gasteiger charge is 2.32. The SMILES string of the molecule is COCC1(CNc2ncnc3c(C)csc23)CCNCC1. The molecular formula is C15H22N4OS. The van der Waals surface area contributed by atoms with Crippen molar-refractivity contribution >= 4 is 27.4 Å². The molecule has 1 aliphatic rings. The Morgan fingerprint density at radius 1 is 1.38 bits per heavy atom. The molecule has 0 saturated carbocycles. The second kappa shape index (κ2) is 6.25. The third-order valence-electron chi connectivity index (χ3n) is 4.28. The average molecular weight is 306 g/mol. The van der Waals surface area contributed by atoms with Crippen LogP contribution in [0.1, 0.15) is 18.4 Å². The van der Waals surface area contributed by atoms with E-state index in [2.05, 4.69) is 32.9 Å². The van der Waals surface area contributed by atoms with E-state index in [-0.39, 0.29) is 5.41 Å². The number of hydrogen-bond donors (Lipinski definition) is 2. The number of nitrogens with one attached hydrogen (secondary N) is 2. The number of rotatable bonds is 5. The summed E-state index contributed by atoms with van der Waals surface area (Å²) in [5.41, 5.74) is 2.47. The van der Waals surface area contributed by atoms with Gasteiger partial charge in [-0.05, 0) is 43.8 Å². The van der Waals surface area contributed by atoms with E-state index in [9.17, 15) is 0 Å². The highest BCUT2D eigenvalue weighted by Crippen LogP contribution is 2.32. The third kappa shape index (κ3) is 3.02. The van der Waals surface area contributed by atoms with Gasteiger partial charge in [-0.2, -0.15) is 0 Å². The van der Waals surface area contributed by atoms with Gasteiger partial charge in [-0.25, -0.2) is 9.97 Å². The number of piperidine rings is 1. The number of aryl methyl sites for hydroxylation is 1. The van der Waals surface area contributed by atoms with Crippen molar-refractivity contribution in [3.63, 3.8) is 0 Å². The van der Waals surface area contributed by atoms with Crippen LogP contribution in [0.25, 0.3) is 10.2 Å². The number of ether oxygens (including phenoxy) is 1. The van der Waals surface area contributed by atoms with E-state index in [0.29, 0.717) is 0 Å². The summed E-state index contributed by atoms with van der Waals surface area (Å²) in [4.78, 5) is 8.80. The lowest BCUT2D eigenvalue weighted by molar-refractivity contribution is 0.0635. The molecule has 0 amide bonds. The summed E-state index contributed by atoms with van der Waals surface area (Å²) in [5, 5.41) is 9.11. The molecule has 5 nitrogen and oxygen atoms in total. The van der Waals surface area contributed by atoms with E-state index in [1.54, 1.807) is 24.8 Å². The van der Waals surface area contributed by atoms with Gasteiger partial charge < -0.3 is 15.4 Å². The number of aromatic nitrogens is 2. The van der Waals surface area contributed by atoms with Crippen molar-refractivity contribution in [1.82, 2.24) is 15.3 Å². The number of thiophene rings is 1. The van der Waals surface area contributed by atoms with E-state index < -0.39 is 0 Å². The molecule has 114 valence electrons. The fourth-order valence-electron chi connectivity index (χ4n) is 3.00. The Balaban J connectivity index is 1.78. The Labute approximate surface area is 129 Å². The number of hydrogen-bond acceptors (Lipinski definition) is 6. The van der Waals surface area contributed by atoms with E-state index in [1.165, 1.54) is 5.56 Å². The van der Waals surface area contributed by atoms with E-state index in [4.69, 9.17) is 4.74 Å².